The van der Waals surface area contributed by atoms with E-state index >= 15 is 0 Å². The first kappa shape index (κ1) is 23.7. The lowest BCUT2D eigenvalue weighted by molar-refractivity contribution is -0.213. The molecule has 4 aliphatic carbocycles. The van der Waals surface area contributed by atoms with Crippen LogP contribution < -0.4 is 0 Å². The van der Waals surface area contributed by atoms with Crippen LogP contribution in [0.3, 0.4) is 0 Å². The predicted octanol–water partition coefficient (Wildman–Crippen LogP) is 4.73. The first-order valence-electron chi connectivity index (χ1n) is 13.1. The molecule has 0 amide bonds. The Labute approximate surface area is 189 Å². The van der Waals surface area contributed by atoms with Gasteiger partial charge in [-0.2, -0.15) is 0 Å². The summed E-state index contributed by atoms with van der Waals surface area (Å²) in [5.74, 6) is 3.21. The second kappa shape index (κ2) is 8.40. The molecule has 4 aliphatic rings. The Morgan fingerprint density at radius 3 is 2.48 bits per heavy atom. The van der Waals surface area contributed by atoms with Crippen molar-refractivity contribution in [3.8, 4) is 0 Å². The Balaban J connectivity index is 1.51. The molecule has 0 heterocycles. The number of Topliss-reactive ketones (excluding diaryl/α,β-unsaturated/α-hetero) is 1. The first-order chi connectivity index (χ1) is 14.6. The smallest absolute Gasteiger partial charge is 0.165 e. The van der Waals surface area contributed by atoms with Crippen molar-refractivity contribution in [1.29, 1.82) is 0 Å². The number of hydrogen-bond donors (Lipinski definition) is 3. The van der Waals surface area contributed by atoms with Crippen molar-refractivity contribution in [3.63, 3.8) is 0 Å². The van der Waals surface area contributed by atoms with Gasteiger partial charge in [0.15, 0.2) is 5.78 Å². The van der Waals surface area contributed by atoms with Gasteiger partial charge >= 0.3 is 0 Å². The molecule has 0 radical (unpaired) electrons. The predicted molar refractivity (Wildman–Crippen MR) is 122 cm³/mol. The summed E-state index contributed by atoms with van der Waals surface area (Å²) in [5.41, 5.74) is -1.39. The molecule has 3 N–H and O–H groups in total. The van der Waals surface area contributed by atoms with Crippen molar-refractivity contribution < 1.29 is 20.1 Å². The standard InChI is InChI=1S/C27H46O4/c1-17(16-28)6-5-7-18(2)21-8-9-22-20-14-24(30)27(31)15-19(29)10-13-26(27,4)23(20)11-12-25(21,22)3/h17-23,28-29,31H,5-16H2,1-4H3/t17-,18-,19+,20+,21-,22+,23+,25-,26-,27+/m1/s1. The summed E-state index contributed by atoms with van der Waals surface area (Å²) < 4.78 is 0. The minimum Gasteiger partial charge on any atom is -0.396 e. The third-order valence-electron chi connectivity index (χ3n) is 11.0. The van der Waals surface area contributed by atoms with Gasteiger partial charge < -0.3 is 15.3 Å². The quantitative estimate of drug-likeness (QED) is 0.564. The number of fused-ring (bicyclic) bond motifs is 5. The molecule has 4 saturated carbocycles. The minimum absolute atomic E-state index is 0.00809. The van der Waals surface area contributed by atoms with Gasteiger partial charge in [-0.15, -0.1) is 0 Å². The maximum atomic E-state index is 13.3. The Hall–Kier alpha value is -0.450. The van der Waals surface area contributed by atoms with E-state index in [0.717, 1.165) is 25.2 Å². The maximum Gasteiger partial charge on any atom is 0.165 e. The molecule has 10 atom stereocenters. The topological polar surface area (TPSA) is 77.8 Å². The van der Waals surface area contributed by atoms with Crippen LogP contribution in [0.5, 0.6) is 0 Å². The van der Waals surface area contributed by atoms with Gasteiger partial charge in [-0.3, -0.25) is 4.79 Å². The number of aliphatic hydroxyl groups excluding tert-OH is 2. The highest BCUT2D eigenvalue weighted by Crippen LogP contribution is 2.68. The van der Waals surface area contributed by atoms with E-state index in [9.17, 15) is 20.1 Å². The van der Waals surface area contributed by atoms with Crippen LogP contribution in [0.2, 0.25) is 0 Å². The number of rotatable bonds is 6. The molecule has 4 heteroatoms. The highest BCUT2D eigenvalue weighted by molar-refractivity contribution is 5.89. The summed E-state index contributed by atoms with van der Waals surface area (Å²) in [6.07, 6.45) is 10.0. The van der Waals surface area contributed by atoms with Crippen LogP contribution in [0.25, 0.3) is 0 Å². The van der Waals surface area contributed by atoms with Crippen molar-refractivity contribution in [2.75, 3.05) is 6.61 Å². The largest absolute Gasteiger partial charge is 0.396 e. The van der Waals surface area contributed by atoms with E-state index in [2.05, 4.69) is 27.7 Å². The van der Waals surface area contributed by atoms with Crippen LogP contribution in [0.15, 0.2) is 0 Å². The lowest BCUT2D eigenvalue weighted by Crippen LogP contribution is -2.67. The van der Waals surface area contributed by atoms with E-state index in [1.807, 2.05) is 0 Å². The van der Waals surface area contributed by atoms with Crippen LogP contribution in [-0.4, -0.2) is 39.4 Å². The zero-order chi connectivity index (χ0) is 22.6. The fourth-order valence-corrected chi connectivity index (χ4v) is 9.08. The number of ketones is 1. The summed E-state index contributed by atoms with van der Waals surface area (Å²) >= 11 is 0. The zero-order valence-electron chi connectivity index (χ0n) is 20.3. The van der Waals surface area contributed by atoms with E-state index in [-0.39, 0.29) is 24.2 Å². The average Bonchev–Trinajstić information content (AvgIpc) is 3.07. The van der Waals surface area contributed by atoms with Gasteiger partial charge in [0.2, 0.25) is 0 Å². The molecule has 4 nitrogen and oxygen atoms in total. The van der Waals surface area contributed by atoms with E-state index in [1.165, 1.54) is 32.1 Å². The first-order valence-corrected chi connectivity index (χ1v) is 13.1. The van der Waals surface area contributed by atoms with Gasteiger partial charge in [-0.25, -0.2) is 0 Å². The fourth-order valence-electron chi connectivity index (χ4n) is 9.08. The molecule has 0 spiro atoms. The Morgan fingerprint density at radius 2 is 1.77 bits per heavy atom. The second-order valence-electron chi connectivity index (χ2n) is 12.6. The van der Waals surface area contributed by atoms with Gasteiger partial charge in [0.1, 0.15) is 5.60 Å². The van der Waals surface area contributed by atoms with Crippen LogP contribution in [-0.2, 0) is 4.79 Å². The van der Waals surface area contributed by atoms with E-state index in [0.29, 0.717) is 47.8 Å². The Bertz CT molecular complexity index is 678. The van der Waals surface area contributed by atoms with Gasteiger partial charge in [-0.05, 0) is 85.9 Å². The molecule has 0 unspecified atom stereocenters. The summed E-state index contributed by atoms with van der Waals surface area (Å²) in [6.45, 7) is 9.52. The van der Waals surface area contributed by atoms with E-state index in [4.69, 9.17) is 0 Å². The molecule has 0 saturated heterocycles. The average molecular weight is 435 g/mol. The maximum absolute atomic E-state index is 13.3. The highest BCUT2D eigenvalue weighted by atomic mass is 16.3. The van der Waals surface area contributed by atoms with Crippen LogP contribution in [0.1, 0.15) is 98.3 Å². The molecule has 4 rings (SSSR count). The molecule has 4 fully saturated rings. The summed E-state index contributed by atoms with van der Waals surface area (Å²) in [7, 11) is 0. The lowest BCUT2D eigenvalue weighted by atomic mass is 9.42. The highest BCUT2D eigenvalue weighted by Gasteiger charge is 2.67. The van der Waals surface area contributed by atoms with Crippen molar-refractivity contribution in [2.24, 2.45) is 46.3 Å². The van der Waals surface area contributed by atoms with Crippen molar-refractivity contribution in [1.82, 2.24) is 0 Å². The van der Waals surface area contributed by atoms with Crippen molar-refractivity contribution in [2.45, 2.75) is 110 Å². The van der Waals surface area contributed by atoms with Crippen LogP contribution >= 0.6 is 0 Å². The summed E-state index contributed by atoms with van der Waals surface area (Å²) in [5, 5.41) is 31.0. The Kier molecular flexibility index (Phi) is 6.42. The molecular formula is C27H46O4. The van der Waals surface area contributed by atoms with Gasteiger partial charge in [0.05, 0.1) is 6.10 Å². The second-order valence-corrected chi connectivity index (χ2v) is 12.6. The number of carbonyl (C=O) groups is 1. The van der Waals surface area contributed by atoms with Crippen LogP contribution in [0.4, 0.5) is 0 Å². The normalized spacial score (nSPS) is 49.1. The molecule has 0 aromatic carbocycles. The van der Waals surface area contributed by atoms with E-state index < -0.39 is 11.7 Å². The minimum atomic E-state index is -1.33. The fraction of sp³-hybridized carbons (Fsp3) is 0.963. The number of aliphatic hydroxyl groups is 3. The van der Waals surface area contributed by atoms with Gasteiger partial charge in [-0.1, -0.05) is 40.5 Å². The third-order valence-corrected chi connectivity index (χ3v) is 11.0. The van der Waals surface area contributed by atoms with Gasteiger partial charge in [0.25, 0.3) is 0 Å². The third kappa shape index (κ3) is 3.64. The molecule has 178 valence electrons. The number of hydrogen-bond acceptors (Lipinski definition) is 4. The zero-order valence-corrected chi connectivity index (χ0v) is 20.3. The Morgan fingerprint density at radius 1 is 1.03 bits per heavy atom. The number of carbonyl (C=O) groups excluding carboxylic acids is 1. The molecule has 0 bridgehead atoms. The summed E-state index contributed by atoms with van der Waals surface area (Å²) in [4.78, 5) is 13.3. The van der Waals surface area contributed by atoms with E-state index in [1.54, 1.807) is 0 Å². The lowest BCUT2D eigenvalue weighted by Gasteiger charge is -2.63. The molecule has 0 aromatic rings. The van der Waals surface area contributed by atoms with Gasteiger partial charge in [0, 0.05) is 24.9 Å². The monoisotopic (exact) mass is 434 g/mol. The SMILES string of the molecule is C[C@@H](CO)CCC[C@@H](C)[C@H]1CC[C@H]2[C@@H]3CC(=O)[C@@]4(O)C[C@@H](O)CC[C@]4(C)[C@H]3CC[C@]12C. The molecule has 0 aromatic heterocycles. The molecule has 0 aliphatic heterocycles. The van der Waals surface area contributed by atoms with Crippen molar-refractivity contribution >= 4 is 5.78 Å². The molecule has 31 heavy (non-hydrogen) atoms. The van der Waals surface area contributed by atoms with Crippen molar-refractivity contribution in [3.05, 3.63) is 0 Å². The summed E-state index contributed by atoms with van der Waals surface area (Å²) in [6, 6.07) is 0. The molecular weight excluding hydrogens is 388 g/mol. The van der Waals surface area contributed by atoms with Crippen LogP contribution in [0, 0.1) is 46.3 Å².